The predicted octanol–water partition coefficient (Wildman–Crippen LogP) is 3.38. The summed E-state index contributed by atoms with van der Waals surface area (Å²) in [6, 6.07) is 14.2. The largest absolute Gasteiger partial charge is 0.478 e. The molecule has 2 aromatic carbocycles. The van der Waals surface area contributed by atoms with Crippen LogP contribution in [-0.2, 0) is 4.79 Å². The number of imide groups is 1. The average Bonchev–Trinajstić information content (AvgIpc) is 2.86. The summed E-state index contributed by atoms with van der Waals surface area (Å²) in [6.45, 7) is 0. The van der Waals surface area contributed by atoms with Crippen molar-refractivity contribution in [2.24, 2.45) is 0 Å². The Kier molecular flexibility index (Phi) is 3.99. The van der Waals surface area contributed by atoms with E-state index in [0.717, 1.165) is 17.3 Å². The van der Waals surface area contributed by atoms with Crippen molar-refractivity contribution in [2.45, 2.75) is 0 Å². The van der Waals surface area contributed by atoms with Gasteiger partial charge in [0.15, 0.2) is 0 Å². The van der Waals surface area contributed by atoms with Gasteiger partial charge in [-0.2, -0.15) is 0 Å². The third-order valence-corrected chi connectivity index (χ3v) is 4.15. The maximum Gasteiger partial charge on any atom is 0.336 e. The molecule has 0 aliphatic carbocycles. The zero-order valence-corrected chi connectivity index (χ0v) is 12.6. The Morgan fingerprint density at radius 1 is 1.04 bits per heavy atom. The number of benzene rings is 2. The first kappa shape index (κ1) is 15.1. The zero-order chi connectivity index (χ0) is 16.4. The van der Waals surface area contributed by atoms with Crippen LogP contribution < -0.4 is 5.32 Å². The lowest BCUT2D eigenvalue weighted by atomic mass is 9.95. The first-order valence-electron chi connectivity index (χ1n) is 6.73. The van der Waals surface area contributed by atoms with Gasteiger partial charge in [-0.05, 0) is 40.6 Å². The molecule has 6 heteroatoms. The Labute approximate surface area is 136 Å². The molecule has 1 aliphatic heterocycles. The fourth-order valence-electron chi connectivity index (χ4n) is 2.33. The molecule has 23 heavy (non-hydrogen) atoms. The quantitative estimate of drug-likeness (QED) is 0.845. The maximum absolute atomic E-state index is 11.7. The lowest BCUT2D eigenvalue weighted by molar-refractivity contribution is -0.115. The van der Waals surface area contributed by atoms with E-state index >= 15 is 0 Å². The first-order chi connectivity index (χ1) is 11.1. The van der Waals surface area contributed by atoms with Crippen molar-refractivity contribution in [3.8, 4) is 11.1 Å². The van der Waals surface area contributed by atoms with Gasteiger partial charge in [-0.25, -0.2) is 4.79 Å². The number of thioether (sulfide) groups is 1. The van der Waals surface area contributed by atoms with Gasteiger partial charge >= 0.3 is 5.97 Å². The van der Waals surface area contributed by atoms with Crippen LogP contribution in [0.4, 0.5) is 4.79 Å². The third-order valence-electron chi connectivity index (χ3n) is 3.34. The second kappa shape index (κ2) is 6.10. The van der Waals surface area contributed by atoms with Crippen LogP contribution in [0.25, 0.3) is 17.2 Å². The monoisotopic (exact) mass is 325 g/mol. The van der Waals surface area contributed by atoms with E-state index < -0.39 is 17.1 Å². The highest BCUT2D eigenvalue weighted by Gasteiger charge is 2.26. The normalized spacial score (nSPS) is 15.7. The topological polar surface area (TPSA) is 83.5 Å². The van der Waals surface area contributed by atoms with E-state index in [0.29, 0.717) is 11.1 Å². The van der Waals surface area contributed by atoms with Gasteiger partial charge in [0, 0.05) is 0 Å². The highest BCUT2D eigenvalue weighted by molar-refractivity contribution is 8.18. The Balaban J connectivity index is 2.21. The molecule has 0 saturated carbocycles. The molecule has 114 valence electrons. The highest BCUT2D eigenvalue weighted by atomic mass is 32.2. The number of hydrogen-bond acceptors (Lipinski definition) is 4. The van der Waals surface area contributed by atoms with Crippen LogP contribution in [0.1, 0.15) is 15.9 Å². The molecule has 1 heterocycles. The smallest absolute Gasteiger partial charge is 0.336 e. The van der Waals surface area contributed by atoms with Crippen molar-refractivity contribution < 1.29 is 19.5 Å². The van der Waals surface area contributed by atoms with Gasteiger partial charge in [0.2, 0.25) is 0 Å². The van der Waals surface area contributed by atoms with E-state index in [1.807, 2.05) is 30.3 Å². The highest BCUT2D eigenvalue weighted by Crippen LogP contribution is 2.32. The van der Waals surface area contributed by atoms with Crippen molar-refractivity contribution in [1.82, 2.24) is 5.32 Å². The molecular weight excluding hydrogens is 314 g/mol. The lowest BCUT2D eigenvalue weighted by Crippen LogP contribution is -2.17. The fourth-order valence-corrected chi connectivity index (χ4v) is 2.99. The third kappa shape index (κ3) is 3.02. The molecule has 0 spiro atoms. The minimum Gasteiger partial charge on any atom is -0.478 e. The Hall–Kier alpha value is -2.86. The van der Waals surface area contributed by atoms with Crippen molar-refractivity contribution >= 4 is 35.0 Å². The van der Waals surface area contributed by atoms with Gasteiger partial charge in [0.05, 0.1) is 10.5 Å². The van der Waals surface area contributed by atoms with Gasteiger partial charge < -0.3 is 5.11 Å². The molecular formula is C17H11NO4S. The molecule has 0 atom stereocenters. The number of carbonyl (C=O) groups is 3. The van der Waals surface area contributed by atoms with Crippen molar-refractivity contribution in [3.63, 3.8) is 0 Å². The number of nitrogens with one attached hydrogen (secondary N) is 1. The van der Waals surface area contributed by atoms with Gasteiger partial charge in [0.25, 0.3) is 11.1 Å². The molecule has 1 saturated heterocycles. The number of rotatable bonds is 3. The summed E-state index contributed by atoms with van der Waals surface area (Å²) in [7, 11) is 0. The molecule has 2 aromatic rings. The standard InChI is InChI=1S/C17H11NO4S/c19-15-14(23-17(22)18-15)9-13-11(10-5-2-1-3-6-10)7-4-8-12(13)16(20)21/h1-9H,(H,20,21)(H,18,19,22). The average molecular weight is 325 g/mol. The minimum atomic E-state index is -1.09. The number of aromatic carboxylic acids is 1. The fraction of sp³-hybridized carbons (Fsp3) is 0. The second-order valence-corrected chi connectivity index (χ2v) is 5.80. The van der Waals surface area contributed by atoms with E-state index in [9.17, 15) is 19.5 Å². The number of hydrogen-bond donors (Lipinski definition) is 2. The maximum atomic E-state index is 11.7. The molecule has 0 unspecified atom stereocenters. The summed E-state index contributed by atoms with van der Waals surface area (Å²) in [6.07, 6.45) is 1.46. The molecule has 2 amide bonds. The second-order valence-electron chi connectivity index (χ2n) is 4.79. The van der Waals surface area contributed by atoms with E-state index in [1.165, 1.54) is 12.1 Å². The van der Waals surface area contributed by atoms with Crippen LogP contribution >= 0.6 is 11.8 Å². The summed E-state index contributed by atoms with van der Waals surface area (Å²) in [5.41, 5.74) is 1.99. The summed E-state index contributed by atoms with van der Waals surface area (Å²) in [5, 5.41) is 11.1. The van der Waals surface area contributed by atoms with E-state index in [1.54, 1.807) is 12.1 Å². The number of amides is 2. The van der Waals surface area contributed by atoms with E-state index in [2.05, 4.69) is 5.32 Å². The SMILES string of the molecule is O=C1NC(=O)C(=Cc2c(C(=O)O)cccc2-c2ccccc2)S1. The van der Waals surface area contributed by atoms with Crippen LogP contribution in [0.2, 0.25) is 0 Å². The van der Waals surface area contributed by atoms with Gasteiger partial charge in [-0.15, -0.1) is 0 Å². The Morgan fingerprint density at radius 3 is 2.39 bits per heavy atom. The van der Waals surface area contributed by atoms with Crippen LogP contribution in [0, 0.1) is 0 Å². The van der Waals surface area contributed by atoms with Gasteiger partial charge in [0.1, 0.15) is 0 Å². The molecule has 5 nitrogen and oxygen atoms in total. The number of carboxylic acids is 1. The minimum absolute atomic E-state index is 0.0756. The summed E-state index contributed by atoms with van der Waals surface area (Å²) >= 11 is 0.761. The summed E-state index contributed by atoms with van der Waals surface area (Å²) < 4.78 is 0. The number of carboxylic acid groups (broad SMARTS) is 1. The first-order valence-corrected chi connectivity index (χ1v) is 7.54. The lowest BCUT2D eigenvalue weighted by Gasteiger charge is -2.10. The predicted molar refractivity (Wildman–Crippen MR) is 87.9 cm³/mol. The van der Waals surface area contributed by atoms with Crippen molar-refractivity contribution in [1.29, 1.82) is 0 Å². The number of carbonyl (C=O) groups excluding carboxylic acids is 2. The van der Waals surface area contributed by atoms with Gasteiger partial charge in [-0.3, -0.25) is 14.9 Å². The molecule has 3 rings (SSSR count). The Bertz CT molecular complexity index is 843. The van der Waals surface area contributed by atoms with Crippen LogP contribution in [0.3, 0.4) is 0 Å². The Morgan fingerprint density at radius 2 is 1.78 bits per heavy atom. The molecule has 1 fully saturated rings. The van der Waals surface area contributed by atoms with Crippen LogP contribution in [0.15, 0.2) is 53.4 Å². The van der Waals surface area contributed by atoms with Crippen LogP contribution in [-0.4, -0.2) is 22.2 Å². The summed E-state index contributed by atoms with van der Waals surface area (Å²) in [5.74, 6) is -1.61. The molecule has 0 aromatic heterocycles. The van der Waals surface area contributed by atoms with E-state index in [4.69, 9.17) is 0 Å². The molecule has 1 aliphatic rings. The summed E-state index contributed by atoms with van der Waals surface area (Å²) in [4.78, 5) is 34.8. The van der Waals surface area contributed by atoms with Crippen molar-refractivity contribution in [2.75, 3.05) is 0 Å². The zero-order valence-electron chi connectivity index (χ0n) is 11.8. The molecule has 0 bridgehead atoms. The molecule has 2 N–H and O–H groups in total. The van der Waals surface area contributed by atoms with Crippen molar-refractivity contribution in [3.05, 3.63) is 64.6 Å². The van der Waals surface area contributed by atoms with E-state index in [-0.39, 0.29) is 10.5 Å². The van der Waals surface area contributed by atoms with Gasteiger partial charge in [-0.1, -0.05) is 42.5 Å². The molecule has 0 radical (unpaired) electrons. The van der Waals surface area contributed by atoms with Crippen LogP contribution in [0.5, 0.6) is 0 Å².